The van der Waals surface area contributed by atoms with Crippen molar-refractivity contribution in [3.05, 3.63) is 36.3 Å². The average Bonchev–Trinajstić information content (AvgIpc) is 2.01. The maximum absolute atomic E-state index is 5.65. The van der Waals surface area contributed by atoms with E-state index in [9.17, 15) is 0 Å². The van der Waals surface area contributed by atoms with E-state index in [0.29, 0.717) is 5.17 Å². The summed E-state index contributed by atoms with van der Waals surface area (Å²) in [7, 11) is 0. The van der Waals surface area contributed by atoms with Crippen molar-refractivity contribution in [1.29, 1.82) is 0 Å². The van der Waals surface area contributed by atoms with E-state index in [4.69, 9.17) is 11.6 Å². The van der Waals surface area contributed by atoms with E-state index in [-0.39, 0.29) is 0 Å². The molecule has 0 radical (unpaired) electrons. The first-order valence-electron chi connectivity index (χ1n) is 3.33. The second-order valence-electron chi connectivity index (χ2n) is 1.99. The molecule has 0 spiro atoms. The molecule has 0 bridgehead atoms. The van der Waals surface area contributed by atoms with Crippen molar-refractivity contribution in [2.45, 2.75) is 6.92 Å². The van der Waals surface area contributed by atoms with E-state index in [0.717, 1.165) is 5.82 Å². The Morgan fingerprint density at radius 2 is 2.45 bits per heavy atom. The first-order valence-corrected chi connectivity index (χ1v) is 3.71. The molecule has 1 aliphatic rings. The second-order valence-corrected chi connectivity index (χ2v) is 2.38. The zero-order valence-corrected chi connectivity index (χ0v) is 6.97. The van der Waals surface area contributed by atoms with Crippen LogP contribution in [-0.4, -0.2) is 5.17 Å². The summed E-state index contributed by atoms with van der Waals surface area (Å²) in [6.45, 7) is 1.95. The van der Waals surface area contributed by atoms with Gasteiger partial charge in [0.05, 0.1) is 0 Å². The first kappa shape index (κ1) is 8.08. The number of allylic oxidation sites excluding steroid dienone is 4. The van der Waals surface area contributed by atoms with E-state index < -0.39 is 0 Å². The van der Waals surface area contributed by atoms with Crippen molar-refractivity contribution >= 4 is 16.8 Å². The Morgan fingerprint density at radius 1 is 1.64 bits per heavy atom. The average molecular weight is 169 g/mol. The van der Waals surface area contributed by atoms with E-state index in [1.807, 2.05) is 25.2 Å². The summed E-state index contributed by atoms with van der Waals surface area (Å²) in [5.74, 6) is 0.760. The van der Waals surface area contributed by atoms with E-state index in [1.54, 1.807) is 12.3 Å². The van der Waals surface area contributed by atoms with Crippen molar-refractivity contribution in [3.63, 3.8) is 0 Å². The Labute approximate surface area is 71.0 Å². The van der Waals surface area contributed by atoms with Gasteiger partial charge in [-0.25, -0.2) is 4.99 Å². The molecule has 11 heavy (non-hydrogen) atoms. The zero-order valence-electron chi connectivity index (χ0n) is 6.21. The molecule has 1 aliphatic heterocycles. The summed E-state index contributed by atoms with van der Waals surface area (Å²) in [6, 6.07) is 0. The van der Waals surface area contributed by atoms with Gasteiger partial charge in [-0.05, 0) is 19.1 Å². The smallest absolute Gasteiger partial charge is 0.132 e. The van der Waals surface area contributed by atoms with Crippen LogP contribution in [0.25, 0.3) is 0 Å². The van der Waals surface area contributed by atoms with Gasteiger partial charge in [-0.1, -0.05) is 23.8 Å². The Hall–Kier alpha value is -1.02. The van der Waals surface area contributed by atoms with Crippen LogP contribution in [0, 0.1) is 0 Å². The molecular formula is C8H9ClN2. The lowest BCUT2D eigenvalue weighted by molar-refractivity contribution is 1.02. The van der Waals surface area contributed by atoms with Crippen molar-refractivity contribution in [1.82, 2.24) is 5.32 Å². The quantitative estimate of drug-likeness (QED) is 0.638. The SMILES string of the molecule is C/C=C/C=C1/N=C(Cl)C=CN1. The topological polar surface area (TPSA) is 24.4 Å². The number of nitrogens with zero attached hydrogens (tertiary/aromatic N) is 1. The third-order valence-corrected chi connectivity index (χ3v) is 1.34. The number of halogens is 1. The first-order chi connectivity index (χ1) is 5.33. The van der Waals surface area contributed by atoms with Crippen LogP contribution in [0.3, 0.4) is 0 Å². The van der Waals surface area contributed by atoms with Gasteiger partial charge < -0.3 is 5.32 Å². The van der Waals surface area contributed by atoms with E-state index in [2.05, 4.69) is 10.3 Å². The van der Waals surface area contributed by atoms with Crippen LogP contribution in [0.4, 0.5) is 0 Å². The molecule has 2 nitrogen and oxygen atoms in total. The van der Waals surface area contributed by atoms with Crippen LogP contribution in [0.15, 0.2) is 41.3 Å². The lowest BCUT2D eigenvalue weighted by Gasteiger charge is -2.04. The highest BCUT2D eigenvalue weighted by atomic mass is 35.5. The molecule has 0 amide bonds. The molecular weight excluding hydrogens is 160 g/mol. The third-order valence-electron chi connectivity index (χ3n) is 1.13. The predicted octanol–water partition coefficient (Wildman–Crippen LogP) is 2.16. The molecule has 0 aromatic carbocycles. The van der Waals surface area contributed by atoms with Crippen molar-refractivity contribution < 1.29 is 0 Å². The molecule has 1 heterocycles. The number of hydrogen-bond acceptors (Lipinski definition) is 2. The fraction of sp³-hybridized carbons (Fsp3) is 0.125. The fourth-order valence-electron chi connectivity index (χ4n) is 0.653. The molecule has 0 atom stereocenters. The summed E-state index contributed by atoms with van der Waals surface area (Å²) in [4.78, 5) is 4.01. The maximum atomic E-state index is 5.65. The highest BCUT2D eigenvalue weighted by Crippen LogP contribution is 2.02. The monoisotopic (exact) mass is 168 g/mol. The molecule has 0 saturated carbocycles. The normalized spacial score (nSPS) is 20.5. The number of nitrogens with one attached hydrogen (secondary N) is 1. The van der Waals surface area contributed by atoms with Crippen LogP contribution < -0.4 is 5.32 Å². The summed E-state index contributed by atoms with van der Waals surface area (Å²) < 4.78 is 0. The maximum Gasteiger partial charge on any atom is 0.132 e. The van der Waals surface area contributed by atoms with Crippen LogP contribution in [-0.2, 0) is 0 Å². The second kappa shape index (κ2) is 3.98. The molecule has 1 N–H and O–H groups in total. The predicted molar refractivity (Wildman–Crippen MR) is 48.5 cm³/mol. The van der Waals surface area contributed by atoms with Gasteiger partial charge in [-0.3, -0.25) is 0 Å². The van der Waals surface area contributed by atoms with Crippen LogP contribution >= 0.6 is 11.6 Å². The Bertz CT molecular complexity index is 249. The molecule has 0 saturated heterocycles. The molecule has 58 valence electrons. The largest absolute Gasteiger partial charge is 0.347 e. The Balaban J connectivity index is 2.70. The Kier molecular flexibility index (Phi) is 2.93. The molecule has 0 aromatic heterocycles. The standard InChI is InChI=1S/C8H9ClN2/c1-2-3-4-8-10-6-5-7(9)11-8/h2-6,10H,1H3/b3-2+,8-4+. The van der Waals surface area contributed by atoms with Gasteiger partial charge >= 0.3 is 0 Å². The molecule has 0 fully saturated rings. The van der Waals surface area contributed by atoms with Gasteiger partial charge in [-0.2, -0.15) is 0 Å². The molecule has 3 heteroatoms. The minimum atomic E-state index is 0.500. The van der Waals surface area contributed by atoms with Crippen LogP contribution in [0.2, 0.25) is 0 Å². The van der Waals surface area contributed by atoms with Gasteiger partial charge in [-0.15, -0.1) is 0 Å². The highest BCUT2D eigenvalue weighted by molar-refractivity contribution is 6.68. The van der Waals surface area contributed by atoms with Gasteiger partial charge in [0, 0.05) is 6.20 Å². The van der Waals surface area contributed by atoms with E-state index >= 15 is 0 Å². The fourth-order valence-corrected chi connectivity index (χ4v) is 0.807. The molecule has 1 rings (SSSR count). The minimum absolute atomic E-state index is 0.500. The number of hydrogen-bond donors (Lipinski definition) is 1. The summed E-state index contributed by atoms with van der Waals surface area (Å²) in [5, 5.41) is 3.44. The van der Waals surface area contributed by atoms with Crippen molar-refractivity contribution in [2.24, 2.45) is 4.99 Å². The number of aliphatic imine (C=N–C) groups is 1. The van der Waals surface area contributed by atoms with Gasteiger partial charge in [0.15, 0.2) is 0 Å². The molecule has 0 aliphatic carbocycles. The summed E-state index contributed by atoms with van der Waals surface area (Å²) in [5.41, 5.74) is 0. The van der Waals surface area contributed by atoms with E-state index in [1.165, 1.54) is 0 Å². The highest BCUT2D eigenvalue weighted by Gasteiger charge is 1.96. The summed E-state index contributed by atoms with van der Waals surface area (Å²) in [6.07, 6.45) is 9.14. The zero-order chi connectivity index (χ0) is 8.10. The lowest BCUT2D eigenvalue weighted by Crippen LogP contribution is -2.08. The lowest BCUT2D eigenvalue weighted by atomic mass is 10.4. The third kappa shape index (κ3) is 2.60. The van der Waals surface area contributed by atoms with Gasteiger partial charge in [0.2, 0.25) is 0 Å². The Morgan fingerprint density at radius 3 is 3.09 bits per heavy atom. The minimum Gasteiger partial charge on any atom is -0.347 e. The van der Waals surface area contributed by atoms with Gasteiger partial charge in [0.25, 0.3) is 0 Å². The molecule has 0 aromatic rings. The van der Waals surface area contributed by atoms with Crippen LogP contribution in [0.1, 0.15) is 6.92 Å². The van der Waals surface area contributed by atoms with Crippen molar-refractivity contribution in [3.8, 4) is 0 Å². The van der Waals surface area contributed by atoms with Crippen molar-refractivity contribution in [2.75, 3.05) is 0 Å². The molecule has 0 unspecified atom stereocenters. The van der Waals surface area contributed by atoms with Gasteiger partial charge in [0.1, 0.15) is 11.0 Å². The van der Waals surface area contributed by atoms with Crippen LogP contribution in [0.5, 0.6) is 0 Å². The summed E-state index contributed by atoms with van der Waals surface area (Å²) >= 11 is 5.65. The number of rotatable bonds is 1.